The van der Waals surface area contributed by atoms with Crippen LogP contribution in [0, 0.1) is 0 Å². The molecule has 3 heterocycles. The van der Waals surface area contributed by atoms with Gasteiger partial charge in [-0.1, -0.05) is 6.07 Å². The summed E-state index contributed by atoms with van der Waals surface area (Å²) in [6.07, 6.45) is 2.23. The minimum Gasteiger partial charge on any atom is -0.473 e. The molecule has 34 heavy (non-hydrogen) atoms. The number of rotatable bonds is 6. The third-order valence-corrected chi connectivity index (χ3v) is 6.19. The van der Waals surface area contributed by atoms with E-state index in [0.29, 0.717) is 25.7 Å². The van der Waals surface area contributed by atoms with Crippen LogP contribution in [0.2, 0.25) is 0 Å². The lowest BCUT2D eigenvalue weighted by atomic mass is 9.93. The van der Waals surface area contributed by atoms with Crippen LogP contribution in [0.5, 0.6) is 5.88 Å². The number of nitrogens with two attached hydrogens (primary N) is 1. The van der Waals surface area contributed by atoms with Gasteiger partial charge in [-0.3, -0.25) is 18.7 Å². The summed E-state index contributed by atoms with van der Waals surface area (Å²) in [6.45, 7) is 0. The average Bonchev–Trinajstić information content (AvgIpc) is 3.42. The lowest BCUT2D eigenvalue weighted by Crippen LogP contribution is -2.40. The molecule has 180 valence electrons. The highest BCUT2D eigenvalue weighted by Gasteiger charge is 2.38. The summed E-state index contributed by atoms with van der Waals surface area (Å²) in [4.78, 5) is 28.1. The van der Waals surface area contributed by atoms with Gasteiger partial charge in [-0.2, -0.15) is 13.2 Å². The zero-order valence-electron chi connectivity index (χ0n) is 18.1. The van der Waals surface area contributed by atoms with Gasteiger partial charge in [-0.25, -0.2) is 4.98 Å². The third-order valence-electron chi connectivity index (χ3n) is 6.19. The zero-order chi connectivity index (χ0) is 24.0. The smallest absolute Gasteiger partial charge is 0.450 e. The van der Waals surface area contributed by atoms with E-state index in [1.807, 2.05) is 0 Å². The van der Waals surface area contributed by atoms with E-state index in [-0.39, 0.29) is 40.8 Å². The monoisotopic (exact) mass is 476 g/mol. The number of pyridine rings is 1. The maximum absolute atomic E-state index is 13.3. The Morgan fingerprint density at radius 2 is 1.85 bits per heavy atom. The second-order valence-electron chi connectivity index (χ2n) is 8.73. The number of alkyl halides is 3. The van der Waals surface area contributed by atoms with Gasteiger partial charge < -0.3 is 15.8 Å². The lowest BCUT2D eigenvalue weighted by Gasteiger charge is -2.29. The van der Waals surface area contributed by atoms with E-state index in [0.717, 1.165) is 17.2 Å². The quantitative estimate of drug-likeness (QED) is 0.567. The van der Waals surface area contributed by atoms with Crippen LogP contribution in [0.3, 0.4) is 0 Å². The number of fused-ring (bicyclic) bond motifs is 1. The molecular weight excluding hydrogens is 453 g/mol. The summed E-state index contributed by atoms with van der Waals surface area (Å²) in [5.74, 6) is -2.17. The molecule has 2 aliphatic carbocycles. The summed E-state index contributed by atoms with van der Waals surface area (Å²) >= 11 is 0. The standard InChI is InChI=1S/C22H23F3N6O3/c23-22(24,25)21-28-17(16-3-1-2-10-30(16)21)19(33)27-12-4-8-14(9-5-12)34-20-15(18(26)32)11-31(29-20)13-6-7-13/h1-3,10-14H,4-9H2,(H2,26,32)(H,27,33). The van der Waals surface area contributed by atoms with Crippen molar-refractivity contribution < 1.29 is 27.5 Å². The van der Waals surface area contributed by atoms with E-state index in [1.54, 1.807) is 16.9 Å². The maximum Gasteiger partial charge on any atom is 0.450 e. The van der Waals surface area contributed by atoms with Crippen molar-refractivity contribution in [2.45, 2.75) is 62.9 Å². The molecule has 0 aliphatic heterocycles. The molecule has 3 N–H and O–H groups in total. The average molecular weight is 476 g/mol. The molecule has 3 aromatic rings. The molecule has 0 unspecified atom stereocenters. The molecular formula is C22H23F3N6O3. The van der Waals surface area contributed by atoms with Crippen molar-refractivity contribution in [2.24, 2.45) is 5.73 Å². The van der Waals surface area contributed by atoms with E-state index in [4.69, 9.17) is 10.5 Å². The molecule has 2 aliphatic rings. The number of carbonyl (C=O) groups is 2. The Bertz CT molecular complexity index is 1240. The molecule has 0 spiro atoms. The van der Waals surface area contributed by atoms with Gasteiger partial charge >= 0.3 is 6.18 Å². The first kappa shape index (κ1) is 22.2. The van der Waals surface area contributed by atoms with E-state index >= 15 is 0 Å². The normalized spacial score (nSPS) is 20.9. The van der Waals surface area contributed by atoms with Crippen LogP contribution < -0.4 is 15.8 Å². The summed E-state index contributed by atoms with van der Waals surface area (Å²) < 4.78 is 48.6. The Morgan fingerprint density at radius 3 is 2.50 bits per heavy atom. The topological polar surface area (TPSA) is 117 Å². The van der Waals surface area contributed by atoms with Crippen LogP contribution in [0.4, 0.5) is 13.2 Å². The fourth-order valence-electron chi connectivity index (χ4n) is 4.30. The summed E-state index contributed by atoms with van der Waals surface area (Å²) in [5.41, 5.74) is 5.53. The van der Waals surface area contributed by atoms with E-state index in [9.17, 15) is 22.8 Å². The van der Waals surface area contributed by atoms with Crippen molar-refractivity contribution in [1.82, 2.24) is 24.5 Å². The maximum atomic E-state index is 13.3. The number of aromatic nitrogens is 4. The molecule has 3 aromatic heterocycles. The number of nitrogens with zero attached hydrogens (tertiary/aromatic N) is 4. The molecule has 2 saturated carbocycles. The van der Waals surface area contributed by atoms with E-state index in [1.165, 1.54) is 18.3 Å². The number of hydrogen-bond acceptors (Lipinski definition) is 5. The first-order valence-electron chi connectivity index (χ1n) is 11.1. The molecule has 0 radical (unpaired) electrons. The van der Waals surface area contributed by atoms with Crippen LogP contribution in [0.1, 0.15) is 71.2 Å². The Balaban J connectivity index is 1.23. The van der Waals surface area contributed by atoms with Crippen LogP contribution in [0.15, 0.2) is 30.6 Å². The lowest BCUT2D eigenvalue weighted by molar-refractivity contribution is -0.145. The first-order valence-corrected chi connectivity index (χ1v) is 11.1. The predicted octanol–water partition coefficient (Wildman–Crippen LogP) is 3.10. The molecule has 5 rings (SSSR count). The second kappa shape index (κ2) is 8.33. The van der Waals surface area contributed by atoms with E-state index in [2.05, 4.69) is 15.4 Å². The highest BCUT2D eigenvalue weighted by molar-refractivity contribution is 5.99. The molecule has 0 aromatic carbocycles. The van der Waals surface area contributed by atoms with Gasteiger partial charge in [0.1, 0.15) is 11.7 Å². The van der Waals surface area contributed by atoms with E-state index < -0.39 is 23.8 Å². The van der Waals surface area contributed by atoms with Crippen LogP contribution >= 0.6 is 0 Å². The number of hydrogen-bond donors (Lipinski definition) is 2. The van der Waals surface area contributed by atoms with Gasteiger partial charge in [0.05, 0.1) is 11.6 Å². The van der Waals surface area contributed by atoms with Gasteiger partial charge in [-0.15, -0.1) is 5.10 Å². The summed E-state index contributed by atoms with van der Waals surface area (Å²) in [6, 6.07) is 4.48. The number of nitrogens with one attached hydrogen (secondary N) is 1. The van der Waals surface area contributed by atoms with Gasteiger partial charge in [-0.05, 0) is 50.7 Å². The summed E-state index contributed by atoms with van der Waals surface area (Å²) in [7, 11) is 0. The second-order valence-corrected chi connectivity index (χ2v) is 8.73. The Morgan fingerprint density at radius 1 is 1.12 bits per heavy atom. The largest absolute Gasteiger partial charge is 0.473 e. The van der Waals surface area contributed by atoms with Crippen LogP contribution in [-0.2, 0) is 6.18 Å². The zero-order valence-corrected chi connectivity index (χ0v) is 18.1. The molecule has 9 nitrogen and oxygen atoms in total. The number of amides is 2. The molecule has 0 atom stereocenters. The minimum absolute atomic E-state index is 0.0922. The fraction of sp³-hybridized carbons (Fsp3) is 0.455. The fourth-order valence-corrected chi connectivity index (χ4v) is 4.30. The van der Waals surface area contributed by atoms with Crippen molar-refractivity contribution in [3.63, 3.8) is 0 Å². The highest BCUT2D eigenvalue weighted by atomic mass is 19.4. The molecule has 0 bridgehead atoms. The minimum atomic E-state index is -4.69. The van der Waals surface area contributed by atoms with Crippen LogP contribution in [-0.4, -0.2) is 43.1 Å². The number of imidazole rings is 1. The third kappa shape index (κ3) is 4.31. The predicted molar refractivity (Wildman–Crippen MR) is 113 cm³/mol. The van der Waals surface area contributed by atoms with Crippen molar-refractivity contribution in [3.05, 3.63) is 47.7 Å². The first-order chi connectivity index (χ1) is 16.2. The molecule has 0 saturated heterocycles. The van der Waals surface area contributed by atoms with Crippen molar-refractivity contribution in [1.29, 1.82) is 0 Å². The van der Waals surface area contributed by atoms with Crippen LogP contribution in [0.25, 0.3) is 5.52 Å². The van der Waals surface area contributed by atoms with Gasteiger partial charge in [0, 0.05) is 18.4 Å². The molecule has 12 heteroatoms. The number of primary amides is 1. The SMILES string of the molecule is NC(=O)c1cn(C2CC2)nc1OC1CCC(NC(=O)c2nc(C(F)(F)F)n3ccccc23)CC1. The van der Waals surface area contributed by atoms with Crippen molar-refractivity contribution >= 4 is 17.3 Å². The highest BCUT2D eigenvalue weighted by Crippen LogP contribution is 2.36. The van der Waals surface area contributed by atoms with Gasteiger partial charge in [0.25, 0.3) is 11.8 Å². The number of halogens is 3. The number of ether oxygens (including phenoxy) is 1. The number of carbonyl (C=O) groups excluding carboxylic acids is 2. The molecule has 2 fully saturated rings. The Kier molecular flexibility index (Phi) is 5.45. The summed E-state index contributed by atoms with van der Waals surface area (Å²) in [5, 5.41) is 7.17. The Hall–Kier alpha value is -3.57. The molecule has 2 amide bonds. The Labute approximate surface area is 192 Å². The van der Waals surface area contributed by atoms with Gasteiger partial charge in [0.2, 0.25) is 11.7 Å². The van der Waals surface area contributed by atoms with Gasteiger partial charge in [0.15, 0.2) is 5.69 Å². The van der Waals surface area contributed by atoms with Crippen molar-refractivity contribution in [3.8, 4) is 5.88 Å². The van der Waals surface area contributed by atoms with Crippen molar-refractivity contribution in [2.75, 3.05) is 0 Å².